The molecule has 0 saturated carbocycles. The molecule has 0 aliphatic carbocycles. The monoisotopic (exact) mass is 553 g/mol. The molecule has 39 heavy (non-hydrogen) atoms. The van der Waals surface area contributed by atoms with Crippen molar-refractivity contribution in [2.45, 2.75) is 19.4 Å². The van der Waals surface area contributed by atoms with E-state index in [1.165, 1.54) is 0 Å². The SMILES string of the molecule is NCCCN(CCCN)Cc1c(F)cc(-c2cnc(NCC(=O)Nc3cc(F)c(F)cc3F)[nH]c2=O)cc1F. The van der Waals surface area contributed by atoms with Crippen LogP contribution in [-0.4, -0.2) is 53.5 Å². The molecule has 0 bridgehead atoms. The molecule has 0 fully saturated rings. The minimum absolute atomic E-state index is 0.00589. The standard InChI is InChI=1S/C25H28F5N7O2/c26-17-7-14(8-18(27)16(17)13-37(5-1-3-31)6-2-4-32)15-11-33-25(36-24(15)39)34-12-23(38)35-22-10-20(29)19(28)9-21(22)30/h7-11H,1-6,12-13,31-32H2,(H,35,38)(H2,33,34,36,39). The molecule has 2 aromatic carbocycles. The molecule has 0 atom stereocenters. The summed E-state index contributed by atoms with van der Waals surface area (Å²) in [5.74, 6) is -6.63. The summed E-state index contributed by atoms with van der Waals surface area (Å²) in [4.78, 5) is 32.7. The molecule has 0 radical (unpaired) electrons. The average molecular weight is 554 g/mol. The van der Waals surface area contributed by atoms with Crippen molar-refractivity contribution in [1.82, 2.24) is 14.9 Å². The van der Waals surface area contributed by atoms with Gasteiger partial charge in [0.25, 0.3) is 5.56 Å². The second kappa shape index (κ2) is 13.8. The highest BCUT2D eigenvalue weighted by atomic mass is 19.2. The van der Waals surface area contributed by atoms with Gasteiger partial charge in [0.1, 0.15) is 17.5 Å². The zero-order chi connectivity index (χ0) is 28.5. The van der Waals surface area contributed by atoms with E-state index in [9.17, 15) is 31.5 Å². The van der Waals surface area contributed by atoms with Gasteiger partial charge in [-0.1, -0.05) is 0 Å². The van der Waals surface area contributed by atoms with Crippen LogP contribution in [0.2, 0.25) is 0 Å². The summed E-state index contributed by atoms with van der Waals surface area (Å²) >= 11 is 0. The second-order valence-corrected chi connectivity index (χ2v) is 8.60. The largest absolute Gasteiger partial charge is 0.347 e. The van der Waals surface area contributed by atoms with Crippen molar-refractivity contribution >= 4 is 17.5 Å². The first-order valence-corrected chi connectivity index (χ1v) is 12.0. The highest BCUT2D eigenvalue weighted by Gasteiger charge is 2.18. The number of nitrogens with one attached hydrogen (secondary N) is 3. The number of amides is 1. The van der Waals surface area contributed by atoms with Gasteiger partial charge in [-0.15, -0.1) is 0 Å². The van der Waals surface area contributed by atoms with Crippen molar-refractivity contribution in [1.29, 1.82) is 0 Å². The number of anilines is 2. The Balaban J connectivity index is 1.69. The molecule has 0 saturated heterocycles. The first-order chi connectivity index (χ1) is 18.6. The fourth-order valence-corrected chi connectivity index (χ4v) is 3.70. The van der Waals surface area contributed by atoms with Crippen LogP contribution in [-0.2, 0) is 11.3 Å². The van der Waals surface area contributed by atoms with Gasteiger partial charge in [0.15, 0.2) is 11.6 Å². The number of halogens is 5. The molecule has 0 spiro atoms. The Morgan fingerprint density at radius 3 is 2.10 bits per heavy atom. The molecule has 3 aromatic rings. The number of H-pyrrole nitrogens is 1. The van der Waals surface area contributed by atoms with Crippen LogP contribution in [0, 0.1) is 29.1 Å². The predicted octanol–water partition coefficient (Wildman–Crippen LogP) is 2.68. The van der Waals surface area contributed by atoms with Crippen LogP contribution in [0.4, 0.5) is 33.6 Å². The number of nitrogens with two attached hydrogens (primary N) is 2. The van der Waals surface area contributed by atoms with Gasteiger partial charge in [-0.05, 0) is 56.7 Å². The zero-order valence-electron chi connectivity index (χ0n) is 20.8. The lowest BCUT2D eigenvalue weighted by molar-refractivity contribution is -0.114. The highest BCUT2D eigenvalue weighted by Crippen LogP contribution is 2.24. The first-order valence-electron chi connectivity index (χ1n) is 12.0. The van der Waals surface area contributed by atoms with Gasteiger partial charge in [0.05, 0.1) is 17.8 Å². The van der Waals surface area contributed by atoms with E-state index in [0.29, 0.717) is 45.1 Å². The van der Waals surface area contributed by atoms with Gasteiger partial charge in [-0.3, -0.25) is 19.5 Å². The van der Waals surface area contributed by atoms with Crippen molar-refractivity contribution in [2.24, 2.45) is 11.5 Å². The van der Waals surface area contributed by atoms with E-state index < -0.39 is 52.8 Å². The molecule has 14 heteroatoms. The Bertz CT molecular complexity index is 1340. The quantitative estimate of drug-likeness (QED) is 0.162. The van der Waals surface area contributed by atoms with E-state index in [1.807, 2.05) is 4.90 Å². The predicted molar refractivity (Wildman–Crippen MR) is 136 cm³/mol. The minimum atomic E-state index is -1.41. The molecule has 1 amide bonds. The van der Waals surface area contributed by atoms with E-state index in [4.69, 9.17) is 11.5 Å². The third-order valence-corrected chi connectivity index (χ3v) is 5.69. The maximum Gasteiger partial charge on any atom is 0.260 e. The van der Waals surface area contributed by atoms with Gasteiger partial charge in [-0.25, -0.2) is 26.9 Å². The normalized spacial score (nSPS) is 11.2. The number of rotatable bonds is 13. The number of nitrogens with zero attached hydrogens (tertiary/aromatic N) is 2. The van der Waals surface area contributed by atoms with Crippen molar-refractivity contribution in [3.8, 4) is 11.1 Å². The van der Waals surface area contributed by atoms with Gasteiger partial charge >= 0.3 is 0 Å². The Kier molecular flexibility index (Phi) is 10.5. The van der Waals surface area contributed by atoms with Crippen LogP contribution in [0.15, 0.2) is 35.3 Å². The highest BCUT2D eigenvalue weighted by molar-refractivity contribution is 5.93. The number of hydrogen-bond acceptors (Lipinski definition) is 7. The molecular weight excluding hydrogens is 525 g/mol. The molecule has 0 aliphatic heterocycles. The van der Waals surface area contributed by atoms with Gasteiger partial charge in [0, 0.05) is 30.4 Å². The Morgan fingerprint density at radius 1 is 0.897 bits per heavy atom. The van der Waals surface area contributed by atoms with E-state index in [0.717, 1.165) is 18.3 Å². The Morgan fingerprint density at radius 2 is 1.51 bits per heavy atom. The molecule has 7 N–H and O–H groups in total. The van der Waals surface area contributed by atoms with Gasteiger partial charge < -0.3 is 22.1 Å². The van der Waals surface area contributed by atoms with Crippen LogP contribution in [0.25, 0.3) is 11.1 Å². The molecule has 1 heterocycles. The summed E-state index contributed by atoms with van der Waals surface area (Å²) in [7, 11) is 0. The average Bonchev–Trinajstić information content (AvgIpc) is 2.89. The molecule has 210 valence electrons. The zero-order valence-corrected chi connectivity index (χ0v) is 20.8. The van der Waals surface area contributed by atoms with Crippen LogP contribution >= 0.6 is 0 Å². The third-order valence-electron chi connectivity index (χ3n) is 5.69. The number of benzene rings is 2. The van der Waals surface area contributed by atoms with Crippen molar-refractivity contribution in [3.05, 3.63) is 75.5 Å². The lowest BCUT2D eigenvalue weighted by atomic mass is 10.0. The van der Waals surface area contributed by atoms with Crippen LogP contribution < -0.4 is 27.7 Å². The van der Waals surface area contributed by atoms with Crippen LogP contribution in [0.5, 0.6) is 0 Å². The fraction of sp³-hybridized carbons (Fsp3) is 0.320. The minimum Gasteiger partial charge on any atom is -0.347 e. The second-order valence-electron chi connectivity index (χ2n) is 8.60. The Hall–Kier alpha value is -3.88. The maximum atomic E-state index is 14.9. The number of aromatic amines is 1. The van der Waals surface area contributed by atoms with Crippen LogP contribution in [0.1, 0.15) is 18.4 Å². The van der Waals surface area contributed by atoms with Gasteiger partial charge in [-0.2, -0.15) is 0 Å². The third kappa shape index (κ3) is 8.05. The summed E-state index contributed by atoms with van der Waals surface area (Å²) in [6.07, 6.45) is 2.37. The lowest BCUT2D eigenvalue weighted by Crippen LogP contribution is -2.29. The van der Waals surface area contributed by atoms with E-state index >= 15 is 0 Å². The van der Waals surface area contributed by atoms with Gasteiger partial charge in [0.2, 0.25) is 11.9 Å². The molecule has 1 aromatic heterocycles. The fourth-order valence-electron chi connectivity index (χ4n) is 3.70. The maximum absolute atomic E-state index is 14.9. The summed E-state index contributed by atoms with van der Waals surface area (Å²) in [5, 5.41) is 4.53. The van der Waals surface area contributed by atoms with E-state index in [-0.39, 0.29) is 35.2 Å². The number of carbonyl (C=O) groups excluding carboxylic acids is 1. The van der Waals surface area contributed by atoms with Crippen LogP contribution in [0.3, 0.4) is 0 Å². The number of hydrogen-bond donors (Lipinski definition) is 5. The van der Waals surface area contributed by atoms with E-state index in [1.54, 1.807) is 0 Å². The summed E-state index contributed by atoms with van der Waals surface area (Å²) in [5.41, 5.74) is 9.44. The summed E-state index contributed by atoms with van der Waals surface area (Å²) < 4.78 is 69.8. The van der Waals surface area contributed by atoms with E-state index in [2.05, 4.69) is 20.6 Å². The molecule has 3 rings (SSSR count). The number of aromatic nitrogens is 2. The lowest BCUT2D eigenvalue weighted by Gasteiger charge is -2.22. The smallest absolute Gasteiger partial charge is 0.260 e. The Labute approximate surface area is 220 Å². The summed E-state index contributed by atoms with van der Waals surface area (Å²) in [6, 6.07) is 2.84. The molecule has 0 aliphatic rings. The molecular formula is C25H28F5N7O2. The molecule has 9 nitrogen and oxygen atoms in total. The molecule has 0 unspecified atom stereocenters. The first kappa shape index (κ1) is 29.7. The number of carbonyl (C=O) groups is 1. The topological polar surface area (TPSA) is 142 Å². The van der Waals surface area contributed by atoms with Crippen molar-refractivity contribution < 1.29 is 26.7 Å². The van der Waals surface area contributed by atoms with Crippen molar-refractivity contribution in [3.63, 3.8) is 0 Å². The summed E-state index contributed by atoms with van der Waals surface area (Å²) in [6.45, 7) is 1.43. The van der Waals surface area contributed by atoms with Crippen molar-refractivity contribution in [2.75, 3.05) is 43.4 Å².